The lowest BCUT2D eigenvalue weighted by Crippen LogP contribution is -2.33. The molecule has 0 radical (unpaired) electrons. The predicted molar refractivity (Wildman–Crippen MR) is 177 cm³/mol. The van der Waals surface area contributed by atoms with E-state index in [0.717, 1.165) is 22.4 Å². The average molecular weight is 677 g/mol. The quantitative estimate of drug-likeness (QED) is 0.133. The van der Waals surface area contributed by atoms with E-state index in [1.807, 2.05) is 50.2 Å². The van der Waals surface area contributed by atoms with Gasteiger partial charge in [-0.15, -0.1) is 24.8 Å². The molecule has 0 spiro atoms. The highest BCUT2D eigenvalue weighted by Crippen LogP contribution is 2.29. The van der Waals surface area contributed by atoms with Crippen LogP contribution in [0.5, 0.6) is 5.75 Å². The molecule has 0 aliphatic carbocycles. The van der Waals surface area contributed by atoms with Crippen molar-refractivity contribution < 1.29 is 28.2 Å². The lowest BCUT2D eigenvalue weighted by Gasteiger charge is -2.15. The van der Waals surface area contributed by atoms with Gasteiger partial charge in [-0.3, -0.25) is 4.79 Å². The fourth-order valence-electron chi connectivity index (χ4n) is 3.91. The summed E-state index contributed by atoms with van der Waals surface area (Å²) in [6.45, 7) is 5.73. The van der Waals surface area contributed by atoms with E-state index >= 15 is 0 Å². The van der Waals surface area contributed by atoms with E-state index in [9.17, 15) is 18.3 Å². The molecule has 5 N–H and O–H groups in total. The first-order valence-corrected chi connectivity index (χ1v) is 15.5. The van der Waals surface area contributed by atoms with Crippen LogP contribution in [0.25, 0.3) is 11.1 Å². The number of hydrogen-bond acceptors (Lipinski definition) is 8. The molecule has 0 bridgehead atoms. The first-order chi connectivity index (χ1) is 19.6. The summed E-state index contributed by atoms with van der Waals surface area (Å²) in [6.07, 6.45) is -0.609. The van der Waals surface area contributed by atoms with Crippen molar-refractivity contribution in [1.82, 2.24) is 10.0 Å². The number of sulfonamides is 1. The molecule has 0 aliphatic heterocycles. The molecule has 1 atom stereocenters. The van der Waals surface area contributed by atoms with E-state index in [0.29, 0.717) is 37.0 Å². The van der Waals surface area contributed by atoms with E-state index in [-0.39, 0.29) is 55.1 Å². The third-order valence-electron chi connectivity index (χ3n) is 6.04. The normalized spacial score (nSPS) is 11.7. The maximum atomic E-state index is 12.8. The molecule has 3 aromatic carbocycles. The minimum atomic E-state index is -3.88. The summed E-state index contributed by atoms with van der Waals surface area (Å²) < 4.78 is 32.3. The first kappa shape index (κ1) is 38.5. The van der Waals surface area contributed by atoms with Gasteiger partial charge in [-0.25, -0.2) is 13.1 Å². The Balaban J connectivity index is 0.00000462. The largest absolute Gasteiger partial charge is 0.492 e. The summed E-state index contributed by atoms with van der Waals surface area (Å²) in [5.41, 5.74) is 3.52. The van der Waals surface area contributed by atoms with Crippen molar-refractivity contribution in [2.75, 3.05) is 43.9 Å². The van der Waals surface area contributed by atoms with Gasteiger partial charge in [0.1, 0.15) is 5.75 Å². The molecule has 0 heterocycles. The summed E-state index contributed by atoms with van der Waals surface area (Å²) in [7, 11) is -3.88. The molecule has 3 aromatic rings. The molecule has 238 valence electrons. The number of amides is 1. The number of hydrogen-bond donors (Lipinski definition) is 5. The number of rotatable bonds is 16. The Hall–Kier alpha value is -2.57. The molecule has 3 rings (SSSR count). The van der Waals surface area contributed by atoms with Crippen molar-refractivity contribution in [2.24, 2.45) is 5.92 Å². The van der Waals surface area contributed by atoms with E-state index in [2.05, 4.69) is 15.4 Å². The average Bonchev–Trinajstić information content (AvgIpc) is 2.94. The number of anilines is 1. The maximum Gasteiger partial charge on any atom is 0.268 e. The van der Waals surface area contributed by atoms with Gasteiger partial charge < -0.3 is 25.6 Å². The van der Waals surface area contributed by atoms with E-state index in [1.54, 1.807) is 30.3 Å². The molecular formula is C30H40Cl3N3O6S. The number of aliphatic hydroxyl groups excluding tert-OH is 2. The Morgan fingerprint density at radius 1 is 0.977 bits per heavy atom. The Morgan fingerprint density at radius 2 is 1.67 bits per heavy atom. The van der Waals surface area contributed by atoms with Gasteiger partial charge in [-0.05, 0) is 65.4 Å². The van der Waals surface area contributed by atoms with Crippen molar-refractivity contribution in [2.45, 2.75) is 26.4 Å². The zero-order valence-electron chi connectivity index (χ0n) is 24.1. The van der Waals surface area contributed by atoms with Gasteiger partial charge in [0.2, 0.25) is 10.0 Å². The van der Waals surface area contributed by atoms with Crippen molar-refractivity contribution in [3.05, 3.63) is 82.9 Å². The number of carbonyl (C=O) groups excluding carboxylic acids is 1. The summed E-state index contributed by atoms with van der Waals surface area (Å²) in [6, 6.07) is 20.0. The summed E-state index contributed by atoms with van der Waals surface area (Å²) in [4.78, 5) is 12.8. The summed E-state index contributed by atoms with van der Waals surface area (Å²) in [5, 5.41) is 26.4. The first-order valence-electron chi connectivity index (χ1n) is 13.5. The zero-order chi connectivity index (χ0) is 29.8. The number of nitrogens with one attached hydrogen (secondary N) is 3. The summed E-state index contributed by atoms with van der Waals surface area (Å²) >= 11 is 5.99. The van der Waals surface area contributed by atoms with Crippen molar-refractivity contribution in [3.63, 3.8) is 0 Å². The third kappa shape index (κ3) is 12.9. The standard InChI is InChI=1S/C30H38ClN3O6S.2ClH/c1-21(2)20-40-29-18-23(9-12-27(29)30(37)34-41(38,39)16-4-15-35)22-7-10-26(11-8-22)33-14-13-32-19-28(36)24-5-3-6-25(31)17-24;;/h3,5-12,17-18,21,28,32-33,35-36H,4,13-16,19-20H2,1-2H3,(H,34,37);2*1H/t28-;;/m0../s1. The topological polar surface area (TPSA) is 137 Å². The van der Waals surface area contributed by atoms with Crippen LogP contribution in [0.4, 0.5) is 5.69 Å². The fraction of sp³-hybridized carbons (Fsp3) is 0.367. The van der Waals surface area contributed by atoms with Crippen LogP contribution in [0.15, 0.2) is 66.7 Å². The highest BCUT2D eigenvalue weighted by atomic mass is 35.5. The second kappa shape index (κ2) is 19.0. The van der Waals surface area contributed by atoms with E-state index < -0.39 is 22.0 Å². The van der Waals surface area contributed by atoms with Crippen LogP contribution < -0.4 is 20.1 Å². The van der Waals surface area contributed by atoms with Gasteiger partial charge in [0.25, 0.3) is 5.91 Å². The molecular weight excluding hydrogens is 637 g/mol. The molecule has 0 saturated heterocycles. The van der Waals surface area contributed by atoms with Gasteiger partial charge in [-0.2, -0.15) is 0 Å². The lowest BCUT2D eigenvalue weighted by molar-refractivity contribution is 0.0976. The number of aliphatic hydroxyl groups is 2. The smallest absolute Gasteiger partial charge is 0.268 e. The Kier molecular flexibility index (Phi) is 16.9. The maximum absolute atomic E-state index is 12.8. The van der Waals surface area contributed by atoms with Crippen molar-refractivity contribution in [3.8, 4) is 16.9 Å². The Morgan fingerprint density at radius 3 is 2.33 bits per heavy atom. The Labute approximate surface area is 271 Å². The van der Waals surface area contributed by atoms with Crippen LogP contribution in [-0.4, -0.2) is 63.1 Å². The van der Waals surface area contributed by atoms with Crippen LogP contribution in [0.1, 0.15) is 42.3 Å². The van der Waals surface area contributed by atoms with Crippen LogP contribution >= 0.6 is 36.4 Å². The highest BCUT2D eigenvalue weighted by molar-refractivity contribution is 7.90. The van der Waals surface area contributed by atoms with Crippen molar-refractivity contribution in [1.29, 1.82) is 0 Å². The molecule has 13 heteroatoms. The van der Waals surface area contributed by atoms with Gasteiger partial charge in [0.05, 0.1) is 24.0 Å². The monoisotopic (exact) mass is 675 g/mol. The van der Waals surface area contributed by atoms with Crippen LogP contribution in [0.2, 0.25) is 5.02 Å². The molecule has 43 heavy (non-hydrogen) atoms. The van der Waals surface area contributed by atoms with Gasteiger partial charge in [0.15, 0.2) is 0 Å². The Bertz CT molecular complexity index is 1390. The van der Waals surface area contributed by atoms with Gasteiger partial charge >= 0.3 is 0 Å². The van der Waals surface area contributed by atoms with Gasteiger partial charge in [-0.1, -0.05) is 55.8 Å². The molecule has 1 amide bonds. The SMILES string of the molecule is CC(C)COc1cc(-c2ccc(NCCNC[C@H](O)c3cccc(Cl)c3)cc2)ccc1C(=O)NS(=O)(=O)CCCO.Cl.Cl. The lowest BCUT2D eigenvalue weighted by atomic mass is 10.0. The second-order valence-electron chi connectivity index (χ2n) is 10.0. The number of ether oxygens (including phenoxy) is 1. The molecule has 0 saturated carbocycles. The van der Waals surface area contributed by atoms with Gasteiger partial charge in [0, 0.05) is 37.0 Å². The minimum absolute atomic E-state index is 0. The van der Waals surface area contributed by atoms with Crippen LogP contribution in [-0.2, 0) is 10.0 Å². The number of carbonyl (C=O) groups is 1. The zero-order valence-corrected chi connectivity index (χ0v) is 27.3. The molecule has 9 nitrogen and oxygen atoms in total. The second-order valence-corrected chi connectivity index (χ2v) is 12.3. The highest BCUT2D eigenvalue weighted by Gasteiger charge is 2.20. The molecule has 0 fully saturated rings. The molecule has 0 aliphatic rings. The number of halogens is 3. The third-order valence-corrected chi connectivity index (χ3v) is 7.60. The van der Waals surface area contributed by atoms with E-state index in [1.165, 1.54) is 0 Å². The van der Waals surface area contributed by atoms with Crippen LogP contribution in [0, 0.1) is 5.92 Å². The molecule has 0 unspecified atom stereocenters. The molecule has 0 aromatic heterocycles. The van der Waals surface area contributed by atoms with E-state index in [4.69, 9.17) is 21.4 Å². The minimum Gasteiger partial charge on any atom is -0.492 e. The summed E-state index contributed by atoms with van der Waals surface area (Å²) in [5.74, 6) is -0.639. The number of benzene rings is 3. The fourth-order valence-corrected chi connectivity index (χ4v) is 5.12. The van der Waals surface area contributed by atoms with Crippen LogP contribution in [0.3, 0.4) is 0 Å². The van der Waals surface area contributed by atoms with Crippen molar-refractivity contribution >= 4 is 58.0 Å². The predicted octanol–water partition coefficient (Wildman–Crippen LogP) is 5.06.